The Morgan fingerprint density at radius 1 is 1.17 bits per heavy atom. The van der Waals surface area contributed by atoms with Gasteiger partial charge in [0.1, 0.15) is 5.82 Å². The van der Waals surface area contributed by atoms with Crippen molar-refractivity contribution in [1.29, 1.82) is 0 Å². The zero-order chi connectivity index (χ0) is 26.6. The molecule has 1 aliphatic rings. The number of H-pyrrole nitrogens is 1. The summed E-state index contributed by atoms with van der Waals surface area (Å²) in [5, 5.41) is 0. The fourth-order valence-electron chi connectivity index (χ4n) is 4.32. The normalized spacial score (nSPS) is 15.4. The first-order valence-electron chi connectivity index (χ1n) is 12.5. The molecule has 3 rings (SSSR count). The Morgan fingerprint density at radius 3 is 2.33 bits per heavy atom. The number of amides is 1. The molecule has 10 nitrogen and oxygen atoms in total. The molecule has 0 spiro atoms. The van der Waals surface area contributed by atoms with Crippen molar-refractivity contribution < 1.29 is 13.2 Å². The molecular formula is C25H37N5O5S. The van der Waals surface area contributed by atoms with E-state index in [9.17, 15) is 22.8 Å². The number of sulfonamides is 1. The molecule has 0 aliphatic carbocycles. The second-order valence-corrected chi connectivity index (χ2v) is 11.9. The number of aromatic nitrogens is 2. The predicted octanol–water partition coefficient (Wildman–Crippen LogP) is 2.64. The third-order valence-electron chi connectivity index (χ3n) is 6.49. The van der Waals surface area contributed by atoms with Crippen LogP contribution in [0.2, 0.25) is 0 Å². The van der Waals surface area contributed by atoms with Gasteiger partial charge in [0, 0.05) is 31.7 Å². The van der Waals surface area contributed by atoms with Crippen molar-refractivity contribution in [3.8, 4) is 0 Å². The first-order chi connectivity index (χ1) is 17.0. The Bertz CT molecular complexity index is 1290. The number of nitrogens with one attached hydrogen (secondary N) is 1. The highest BCUT2D eigenvalue weighted by molar-refractivity contribution is 7.89. The maximum Gasteiger partial charge on any atom is 0.330 e. The first kappa shape index (κ1) is 27.7. The molecule has 0 bridgehead atoms. The van der Waals surface area contributed by atoms with Gasteiger partial charge in [-0.25, -0.2) is 13.2 Å². The van der Waals surface area contributed by atoms with E-state index in [-0.39, 0.29) is 34.4 Å². The Labute approximate surface area is 212 Å². The summed E-state index contributed by atoms with van der Waals surface area (Å²) in [4.78, 5) is 42.4. The molecule has 198 valence electrons. The second kappa shape index (κ2) is 11.4. The van der Waals surface area contributed by atoms with Gasteiger partial charge in [-0.05, 0) is 55.4 Å². The van der Waals surface area contributed by atoms with E-state index in [0.29, 0.717) is 32.0 Å². The Kier molecular flexibility index (Phi) is 8.78. The standard InChI is InChI=1S/C25H37N5O5S/c1-5-6-13-29-22(26)21(23(31)27-25(29)33)30(16-17(2)3)24(32)19-7-9-20(10-8-19)36(34,35)28-14-11-18(4)12-15-28/h7-10,17-18H,5-6,11-16,26H2,1-4H3,(H,27,31,33). The smallest absolute Gasteiger partial charge is 0.330 e. The van der Waals surface area contributed by atoms with Crippen LogP contribution in [-0.4, -0.2) is 47.8 Å². The minimum Gasteiger partial charge on any atom is -0.383 e. The lowest BCUT2D eigenvalue weighted by molar-refractivity contribution is 0.0983. The van der Waals surface area contributed by atoms with Gasteiger partial charge in [0.15, 0.2) is 5.69 Å². The lowest BCUT2D eigenvalue weighted by Gasteiger charge is -2.29. The maximum absolute atomic E-state index is 13.6. The number of unbranched alkanes of at least 4 members (excludes halogenated alkanes) is 1. The number of hydrogen-bond acceptors (Lipinski definition) is 6. The molecule has 11 heteroatoms. The molecule has 2 heterocycles. The van der Waals surface area contributed by atoms with Crippen LogP contribution >= 0.6 is 0 Å². The van der Waals surface area contributed by atoms with Crippen molar-refractivity contribution >= 4 is 27.4 Å². The van der Waals surface area contributed by atoms with E-state index in [2.05, 4.69) is 11.9 Å². The van der Waals surface area contributed by atoms with Crippen molar-refractivity contribution in [3.05, 3.63) is 50.7 Å². The van der Waals surface area contributed by atoms with Crippen molar-refractivity contribution in [2.75, 3.05) is 30.3 Å². The third-order valence-corrected chi connectivity index (χ3v) is 8.41. The summed E-state index contributed by atoms with van der Waals surface area (Å²) in [6.07, 6.45) is 3.13. The molecular weight excluding hydrogens is 482 g/mol. The highest BCUT2D eigenvalue weighted by Gasteiger charge is 2.29. The van der Waals surface area contributed by atoms with Crippen LogP contribution in [0.15, 0.2) is 38.8 Å². The van der Waals surface area contributed by atoms with Crippen molar-refractivity contribution in [2.45, 2.75) is 64.8 Å². The van der Waals surface area contributed by atoms with E-state index in [1.807, 2.05) is 20.8 Å². The second-order valence-electron chi connectivity index (χ2n) is 9.92. The Hall–Kier alpha value is -2.92. The summed E-state index contributed by atoms with van der Waals surface area (Å²) in [6.45, 7) is 9.32. The molecule has 36 heavy (non-hydrogen) atoms. The minimum absolute atomic E-state index is 0.00934. The van der Waals surface area contributed by atoms with Gasteiger partial charge in [-0.15, -0.1) is 0 Å². The van der Waals surface area contributed by atoms with Crippen molar-refractivity contribution in [1.82, 2.24) is 13.9 Å². The molecule has 1 fully saturated rings. The van der Waals surface area contributed by atoms with Crippen LogP contribution in [0.5, 0.6) is 0 Å². The number of rotatable bonds is 9. The molecule has 1 saturated heterocycles. The molecule has 3 N–H and O–H groups in total. The molecule has 0 unspecified atom stereocenters. The number of nitrogens with zero attached hydrogens (tertiary/aromatic N) is 3. The lowest BCUT2D eigenvalue weighted by Crippen LogP contribution is -2.42. The van der Waals surface area contributed by atoms with Crippen LogP contribution in [0.1, 0.15) is 63.7 Å². The van der Waals surface area contributed by atoms with Gasteiger partial charge < -0.3 is 10.6 Å². The minimum atomic E-state index is -3.66. The third kappa shape index (κ3) is 5.89. The van der Waals surface area contributed by atoms with E-state index in [1.54, 1.807) is 0 Å². The summed E-state index contributed by atoms with van der Waals surface area (Å²) in [5.74, 6) is -0.0812. The number of carbonyl (C=O) groups excluding carboxylic acids is 1. The summed E-state index contributed by atoms with van der Waals surface area (Å²) < 4.78 is 28.9. The van der Waals surface area contributed by atoms with E-state index in [1.165, 1.54) is 38.0 Å². The van der Waals surface area contributed by atoms with E-state index in [4.69, 9.17) is 5.73 Å². The van der Waals surface area contributed by atoms with E-state index in [0.717, 1.165) is 19.3 Å². The van der Waals surface area contributed by atoms with Crippen molar-refractivity contribution in [2.24, 2.45) is 11.8 Å². The maximum atomic E-state index is 13.6. The molecule has 1 aromatic heterocycles. The van der Waals surface area contributed by atoms with Gasteiger partial charge >= 0.3 is 5.69 Å². The van der Waals surface area contributed by atoms with Crippen LogP contribution in [0, 0.1) is 11.8 Å². The predicted molar refractivity (Wildman–Crippen MR) is 141 cm³/mol. The number of anilines is 2. The quantitative estimate of drug-likeness (QED) is 0.522. The summed E-state index contributed by atoms with van der Waals surface area (Å²) in [7, 11) is -3.66. The van der Waals surface area contributed by atoms with Gasteiger partial charge in [0.25, 0.3) is 11.5 Å². The van der Waals surface area contributed by atoms with Crippen LogP contribution < -0.4 is 21.9 Å². The van der Waals surface area contributed by atoms with Crippen LogP contribution in [0.3, 0.4) is 0 Å². The van der Waals surface area contributed by atoms with Gasteiger partial charge in [0.2, 0.25) is 10.0 Å². The van der Waals surface area contributed by atoms with E-state index >= 15 is 0 Å². The van der Waals surface area contributed by atoms with E-state index < -0.39 is 27.2 Å². The fraction of sp³-hybridized carbons (Fsp3) is 0.560. The highest BCUT2D eigenvalue weighted by atomic mass is 32.2. The average molecular weight is 520 g/mol. The Balaban J connectivity index is 1.96. The number of aromatic amines is 1. The van der Waals surface area contributed by atoms with Crippen LogP contribution in [-0.2, 0) is 16.6 Å². The average Bonchev–Trinajstić information content (AvgIpc) is 2.83. The molecule has 0 radical (unpaired) electrons. The number of nitrogen functional groups attached to an aromatic ring is 1. The first-order valence-corrected chi connectivity index (χ1v) is 14.0. The van der Waals surface area contributed by atoms with Crippen LogP contribution in [0.25, 0.3) is 0 Å². The van der Waals surface area contributed by atoms with Gasteiger partial charge in [0.05, 0.1) is 4.90 Å². The Morgan fingerprint density at radius 2 is 1.78 bits per heavy atom. The zero-order valence-corrected chi connectivity index (χ0v) is 22.3. The lowest BCUT2D eigenvalue weighted by atomic mass is 10.0. The number of nitrogens with two attached hydrogens (primary N) is 1. The molecule has 2 aromatic rings. The molecule has 1 aliphatic heterocycles. The topological polar surface area (TPSA) is 139 Å². The number of piperidine rings is 1. The molecule has 0 atom stereocenters. The van der Waals surface area contributed by atoms with Gasteiger partial charge in [-0.1, -0.05) is 34.1 Å². The largest absolute Gasteiger partial charge is 0.383 e. The van der Waals surface area contributed by atoms with Gasteiger partial charge in [-0.2, -0.15) is 4.31 Å². The SMILES string of the molecule is CCCCn1c(N)c(N(CC(C)C)C(=O)c2ccc(S(=O)(=O)N3CCC(C)CC3)cc2)c(=O)[nH]c1=O. The number of hydrogen-bond donors (Lipinski definition) is 2. The summed E-state index contributed by atoms with van der Waals surface area (Å²) in [6, 6.07) is 5.74. The highest BCUT2D eigenvalue weighted by Crippen LogP contribution is 2.25. The van der Waals surface area contributed by atoms with Gasteiger partial charge in [-0.3, -0.25) is 19.1 Å². The summed E-state index contributed by atoms with van der Waals surface area (Å²) >= 11 is 0. The fourth-order valence-corrected chi connectivity index (χ4v) is 5.79. The number of benzene rings is 1. The summed E-state index contributed by atoms with van der Waals surface area (Å²) in [5.41, 5.74) is 5.04. The zero-order valence-electron chi connectivity index (χ0n) is 21.5. The number of carbonyl (C=O) groups is 1. The van der Waals surface area contributed by atoms with Crippen molar-refractivity contribution in [3.63, 3.8) is 0 Å². The molecule has 1 aromatic carbocycles. The van der Waals surface area contributed by atoms with Crippen LogP contribution in [0.4, 0.5) is 11.5 Å². The molecule has 0 saturated carbocycles. The molecule has 1 amide bonds. The monoisotopic (exact) mass is 519 g/mol.